The lowest BCUT2D eigenvalue weighted by Gasteiger charge is -2.32. The Balaban J connectivity index is 1.43. The fraction of sp³-hybridized carbons (Fsp3) is 0.214. The van der Waals surface area contributed by atoms with Crippen molar-refractivity contribution in [2.24, 2.45) is 0 Å². The van der Waals surface area contributed by atoms with Crippen molar-refractivity contribution in [3.8, 4) is 11.4 Å². The first-order valence-electron chi connectivity index (χ1n) is 11.8. The molecule has 2 aromatic heterocycles. The lowest BCUT2D eigenvalue weighted by atomic mass is 10.0. The van der Waals surface area contributed by atoms with Crippen LogP contribution in [-0.2, 0) is 19.4 Å². The highest BCUT2D eigenvalue weighted by Gasteiger charge is 2.27. The first kappa shape index (κ1) is 22.5. The topological polar surface area (TPSA) is 74.2 Å². The van der Waals surface area contributed by atoms with Gasteiger partial charge in [-0.2, -0.15) is 0 Å². The number of amides is 2. The van der Waals surface area contributed by atoms with Gasteiger partial charge in [0.15, 0.2) is 5.82 Å². The van der Waals surface area contributed by atoms with Gasteiger partial charge in [-0.05, 0) is 24.3 Å². The summed E-state index contributed by atoms with van der Waals surface area (Å²) in [5.74, 6) is 1.58. The monoisotopic (exact) mass is 464 g/mol. The molecule has 5 rings (SSSR count). The number of aromatic nitrogens is 3. The quantitative estimate of drug-likeness (QED) is 0.443. The molecule has 1 aliphatic heterocycles. The number of pyridine rings is 1. The van der Waals surface area contributed by atoms with Crippen LogP contribution in [0.25, 0.3) is 11.4 Å². The molecule has 0 radical (unpaired) electrons. The second-order valence-corrected chi connectivity index (χ2v) is 8.62. The van der Waals surface area contributed by atoms with E-state index < -0.39 is 0 Å². The van der Waals surface area contributed by atoms with Gasteiger partial charge in [-0.1, -0.05) is 54.6 Å². The highest BCUT2D eigenvalue weighted by molar-refractivity contribution is 5.89. The van der Waals surface area contributed by atoms with Gasteiger partial charge in [0.2, 0.25) is 0 Å². The van der Waals surface area contributed by atoms with Gasteiger partial charge in [-0.25, -0.2) is 14.8 Å². The normalized spacial score (nSPS) is 12.7. The van der Waals surface area contributed by atoms with Gasteiger partial charge < -0.3 is 15.1 Å². The molecule has 0 unspecified atom stereocenters. The summed E-state index contributed by atoms with van der Waals surface area (Å²) in [6, 6.07) is 25.4. The molecule has 1 N–H and O–H groups in total. The number of carbonyl (C=O) groups is 1. The van der Waals surface area contributed by atoms with E-state index in [0.29, 0.717) is 25.3 Å². The number of nitrogens with zero attached hydrogens (tertiary/aromatic N) is 5. The highest BCUT2D eigenvalue weighted by Crippen LogP contribution is 2.29. The van der Waals surface area contributed by atoms with Gasteiger partial charge in [0.05, 0.1) is 12.2 Å². The Morgan fingerprint density at radius 3 is 2.46 bits per heavy atom. The molecular formula is C28H28N6O. The van der Waals surface area contributed by atoms with Crippen LogP contribution >= 0.6 is 0 Å². The summed E-state index contributed by atoms with van der Waals surface area (Å²) >= 11 is 0. The Hall–Kier alpha value is -4.26. The molecule has 0 fully saturated rings. The zero-order valence-electron chi connectivity index (χ0n) is 19.8. The van der Waals surface area contributed by atoms with Gasteiger partial charge in [0.1, 0.15) is 5.82 Å². The predicted molar refractivity (Wildman–Crippen MR) is 138 cm³/mol. The summed E-state index contributed by atoms with van der Waals surface area (Å²) in [6.45, 7) is 1.82. The zero-order valence-corrected chi connectivity index (χ0v) is 19.8. The Labute approximate surface area is 205 Å². The van der Waals surface area contributed by atoms with Crippen molar-refractivity contribution in [1.29, 1.82) is 0 Å². The van der Waals surface area contributed by atoms with Crippen molar-refractivity contribution in [2.75, 3.05) is 30.4 Å². The summed E-state index contributed by atoms with van der Waals surface area (Å²) in [5, 5.41) is 3.00. The Bertz CT molecular complexity index is 1280. The molecule has 7 nitrogen and oxygen atoms in total. The zero-order chi connectivity index (χ0) is 24.0. The van der Waals surface area contributed by atoms with Gasteiger partial charge in [0.25, 0.3) is 0 Å². The fourth-order valence-electron chi connectivity index (χ4n) is 4.26. The van der Waals surface area contributed by atoms with Crippen LogP contribution in [0.5, 0.6) is 0 Å². The number of benzene rings is 2. The summed E-state index contributed by atoms with van der Waals surface area (Å²) in [7, 11) is 2.04. The van der Waals surface area contributed by atoms with Crippen LogP contribution in [-0.4, -0.2) is 46.0 Å². The molecule has 0 atom stereocenters. The first-order chi connectivity index (χ1) is 17.2. The largest absolute Gasteiger partial charge is 0.359 e. The standard InChI is InChI=1S/C28H28N6O/c1-33(18-15-22-12-8-9-17-29-22)27-24-20-34(28(35)30-23-13-6-3-7-14-23)19-16-25(24)31-26(32-27)21-10-4-2-5-11-21/h2-14,17H,15-16,18-20H2,1H3,(H,30,35). The number of fused-ring (bicyclic) bond motifs is 1. The number of anilines is 2. The Morgan fingerprint density at radius 1 is 0.971 bits per heavy atom. The number of para-hydroxylation sites is 1. The molecular weight excluding hydrogens is 436 g/mol. The maximum atomic E-state index is 13.0. The van der Waals surface area contributed by atoms with Crippen molar-refractivity contribution in [3.05, 3.63) is 102 Å². The van der Waals surface area contributed by atoms with Gasteiger partial charge in [0, 0.05) is 61.7 Å². The molecule has 7 heteroatoms. The molecule has 2 amide bonds. The number of nitrogens with one attached hydrogen (secondary N) is 1. The number of likely N-dealkylation sites (N-methyl/N-ethyl adjacent to an activating group) is 1. The maximum absolute atomic E-state index is 13.0. The van der Waals surface area contributed by atoms with Crippen molar-refractivity contribution >= 4 is 17.5 Å². The van der Waals surface area contributed by atoms with Crippen LogP contribution in [0.3, 0.4) is 0 Å². The molecule has 0 saturated carbocycles. The minimum atomic E-state index is -0.115. The van der Waals surface area contributed by atoms with Crippen molar-refractivity contribution < 1.29 is 4.79 Å². The number of hydrogen-bond acceptors (Lipinski definition) is 5. The first-order valence-corrected chi connectivity index (χ1v) is 11.8. The summed E-state index contributed by atoms with van der Waals surface area (Å²) < 4.78 is 0. The fourth-order valence-corrected chi connectivity index (χ4v) is 4.26. The van der Waals surface area contributed by atoms with Crippen LogP contribution in [0.15, 0.2) is 85.1 Å². The summed E-state index contributed by atoms with van der Waals surface area (Å²) in [6.07, 6.45) is 3.30. The van der Waals surface area contributed by atoms with Gasteiger partial charge in [-0.3, -0.25) is 4.98 Å². The Kier molecular flexibility index (Phi) is 6.66. The SMILES string of the molecule is CN(CCc1ccccn1)c1nc(-c2ccccc2)nc2c1CN(C(=O)Nc1ccccc1)CC2. The molecule has 176 valence electrons. The number of urea groups is 1. The van der Waals surface area contributed by atoms with Crippen LogP contribution in [0.1, 0.15) is 17.0 Å². The van der Waals surface area contributed by atoms with Crippen LogP contribution in [0.2, 0.25) is 0 Å². The van der Waals surface area contributed by atoms with Gasteiger partial charge >= 0.3 is 6.03 Å². The maximum Gasteiger partial charge on any atom is 0.322 e. The van der Waals surface area contributed by atoms with E-state index in [4.69, 9.17) is 9.97 Å². The van der Waals surface area contributed by atoms with E-state index in [9.17, 15) is 4.79 Å². The van der Waals surface area contributed by atoms with Gasteiger partial charge in [-0.15, -0.1) is 0 Å². The van der Waals surface area contributed by atoms with Crippen LogP contribution < -0.4 is 10.2 Å². The molecule has 0 aliphatic carbocycles. The molecule has 0 saturated heterocycles. The van der Waals surface area contributed by atoms with E-state index in [0.717, 1.165) is 47.0 Å². The van der Waals surface area contributed by atoms with E-state index >= 15 is 0 Å². The smallest absolute Gasteiger partial charge is 0.322 e. The van der Waals surface area contributed by atoms with Crippen molar-refractivity contribution in [3.63, 3.8) is 0 Å². The van der Waals surface area contributed by atoms with E-state index in [-0.39, 0.29) is 6.03 Å². The molecule has 35 heavy (non-hydrogen) atoms. The summed E-state index contributed by atoms with van der Waals surface area (Å²) in [5.41, 5.74) is 4.81. The minimum absolute atomic E-state index is 0.115. The van der Waals surface area contributed by atoms with E-state index in [1.54, 1.807) is 0 Å². The molecule has 0 bridgehead atoms. The second kappa shape index (κ2) is 10.3. The minimum Gasteiger partial charge on any atom is -0.359 e. The number of hydrogen-bond donors (Lipinski definition) is 1. The van der Waals surface area contributed by atoms with Crippen LogP contribution in [0.4, 0.5) is 16.3 Å². The molecule has 1 aliphatic rings. The predicted octanol–water partition coefficient (Wildman–Crippen LogP) is 4.81. The van der Waals surface area contributed by atoms with Crippen LogP contribution in [0, 0.1) is 0 Å². The molecule has 2 aromatic carbocycles. The average molecular weight is 465 g/mol. The third-order valence-electron chi connectivity index (χ3n) is 6.17. The van der Waals surface area contributed by atoms with E-state index in [2.05, 4.69) is 15.2 Å². The molecule has 4 aromatic rings. The third kappa shape index (κ3) is 5.30. The number of carbonyl (C=O) groups excluding carboxylic acids is 1. The lowest BCUT2D eigenvalue weighted by molar-refractivity contribution is 0.206. The van der Waals surface area contributed by atoms with E-state index in [1.165, 1.54) is 0 Å². The summed E-state index contributed by atoms with van der Waals surface area (Å²) in [4.78, 5) is 31.3. The molecule has 0 spiro atoms. The Morgan fingerprint density at radius 2 is 1.71 bits per heavy atom. The van der Waals surface area contributed by atoms with E-state index in [1.807, 2.05) is 97.0 Å². The number of rotatable bonds is 6. The lowest BCUT2D eigenvalue weighted by Crippen LogP contribution is -2.40. The average Bonchev–Trinajstić information content (AvgIpc) is 2.92. The highest BCUT2D eigenvalue weighted by atomic mass is 16.2. The third-order valence-corrected chi connectivity index (χ3v) is 6.17. The van der Waals surface area contributed by atoms with Crippen molar-refractivity contribution in [2.45, 2.75) is 19.4 Å². The molecule has 3 heterocycles. The second-order valence-electron chi connectivity index (χ2n) is 8.62. The van der Waals surface area contributed by atoms with Crippen molar-refractivity contribution in [1.82, 2.24) is 19.9 Å².